The number of rotatable bonds is 8. The number of hydrogen-bond acceptors (Lipinski definition) is 2. The Balaban J connectivity index is 2.21. The van der Waals surface area contributed by atoms with Gasteiger partial charge >= 0.3 is 0 Å². The van der Waals surface area contributed by atoms with Gasteiger partial charge in [-0.15, -0.1) is 18.2 Å². The summed E-state index contributed by atoms with van der Waals surface area (Å²) in [7, 11) is 0. The van der Waals surface area contributed by atoms with Gasteiger partial charge in [-0.05, 0) is 23.5 Å². The van der Waals surface area contributed by atoms with Gasteiger partial charge in [-0.1, -0.05) is 44.0 Å². The van der Waals surface area contributed by atoms with Crippen molar-refractivity contribution in [2.45, 2.75) is 26.8 Å². The summed E-state index contributed by atoms with van der Waals surface area (Å²) in [6.07, 6.45) is 6.35. The maximum atomic E-state index is 5.19. The smallest absolute Gasteiger partial charge is 0.0545 e. The van der Waals surface area contributed by atoms with Gasteiger partial charge in [-0.2, -0.15) is 0 Å². The van der Waals surface area contributed by atoms with E-state index in [4.69, 9.17) is 6.42 Å². The standard InChI is InChI=1S/C16H23NS/c1-4-10-18-11-9-17-13-16-7-5-15(6-8-16)12-14(2)3/h1,5-8,14,17H,9-13H2,2-3H3. The Morgan fingerprint density at radius 1 is 1.22 bits per heavy atom. The average molecular weight is 261 g/mol. The Bertz CT molecular complexity index is 362. The first-order valence-electron chi connectivity index (χ1n) is 6.52. The van der Waals surface area contributed by atoms with E-state index in [1.54, 1.807) is 11.8 Å². The monoisotopic (exact) mass is 261 g/mol. The van der Waals surface area contributed by atoms with Gasteiger partial charge in [-0.25, -0.2) is 0 Å². The first-order valence-corrected chi connectivity index (χ1v) is 7.67. The third-order valence-corrected chi connectivity index (χ3v) is 3.47. The van der Waals surface area contributed by atoms with E-state index in [0.717, 1.165) is 36.9 Å². The lowest BCUT2D eigenvalue weighted by atomic mass is 10.0. The molecule has 0 amide bonds. The minimum absolute atomic E-state index is 0.724. The van der Waals surface area contributed by atoms with E-state index < -0.39 is 0 Å². The molecule has 2 heteroatoms. The van der Waals surface area contributed by atoms with Crippen molar-refractivity contribution in [2.75, 3.05) is 18.1 Å². The van der Waals surface area contributed by atoms with Crippen molar-refractivity contribution in [3.8, 4) is 12.3 Å². The molecule has 0 saturated heterocycles. The van der Waals surface area contributed by atoms with Gasteiger partial charge in [0.1, 0.15) is 0 Å². The van der Waals surface area contributed by atoms with Crippen LogP contribution in [0.2, 0.25) is 0 Å². The second-order valence-corrected chi connectivity index (χ2v) is 5.95. The number of thioether (sulfide) groups is 1. The van der Waals surface area contributed by atoms with Crippen LogP contribution in [0.1, 0.15) is 25.0 Å². The summed E-state index contributed by atoms with van der Waals surface area (Å²) < 4.78 is 0. The molecule has 1 rings (SSSR count). The molecule has 0 unspecified atom stereocenters. The molecule has 0 radical (unpaired) electrons. The summed E-state index contributed by atoms with van der Waals surface area (Å²) in [4.78, 5) is 0. The fourth-order valence-electron chi connectivity index (χ4n) is 1.77. The second-order valence-electron chi connectivity index (χ2n) is 4.85. The zero-order chi connectivity index (χ0) is 13.2. The third-order valence-electron chi connectivity index (χ3n) is 2.60. The van der Waals surface area contributed by atoms with Crippen molar-refractivity contribution in [3.63, 3.8) is 0 Å². The lowest BCUT2D eigenvalue weighted by Crippen LogP contribution is -2.16. The van der Waals surface area contributed by atoms with E-state index in [9.17, 15) is 0 Å². The molecule has 0 heterocycles. The average Bonchev–Trinajstić information content (AvgIpc) is 2.35. The molecular weight excluding hydrogens is 238 g/mol. The van der Waals surface area contributed by atoms with Crippen molar-refractivity contribution in [1.29, 1.82) is 0 Å². The predicted molar refractivity (Wildman–Crippen MR) is 82.8 cm³/mol. The minimum Gasteiger partial charge on any atom is -0.312 e. The lowest BCUT2D eigenvalue weighted by Gasteiger charge is -2.07. The van der Waals surface area contributed by atoms with Gasteiger partial charge in [0.25, 0.3) is 0 Å². The third kappa shape index (κ3) is 6.74. The highest BCUT2D eigenvalue weighted by molar-refractivity contribution is 7.99. The Hall–Kier alpha value is -0.910. The Morgan fingerprint density at radius 2 is 1.89 bits per heavy atom. The lowest BCUT2D eigenvalue weighted by molar-refractivity contribution is 0.646. The molecule has 1 N–H and O–H groups in total. The molecule has 0 spiro atoms. The van der Waals surface area contributed by atoms with E-state index in [2.05, 4.69) is 49.4 Å². The number of nitrogens with one attached hydrogen (secondary N) is 1. The molecule has 0 atom stereocenters. The molecule has 0 saturated carbocycles. The predicted octanol–water partition coefficient (Wildman–Crippen LogP) is 3.34. The Morgan fingerprint density at radius 3 is 2.50 bits per heavy atom. The molecule has 0 aliphatic rings. The van der Waals surface area contributed by atoms with Crippen LogP contribution in [0.4, 0.5) is 0 Å². The highest BCUT2D eigenvalue weighted by Crippen LogP contribution is 2.09. The first-order chi connectivity index (χ1) is 8.72. The van der Waals surface area contributed by atoms with E-state index in [-0.39, 0.29) is 0 Å². The molecule has 1 nitrogen and oxygen atoms in total. The SMILES string of the molecule is C#CCSCCNCc1ccc(CC(C)C)cc1. The van der Waals surface area contributed by atoms with E-state index >= 15 is 0 Å². The fraction of sp³-hybridized carbons (Fsp3) is 0.500. The quantitative estimate of drug-likeness (QED) is 0.569. The largest absolute Gasteiger partial charge is 0.312 e. The maximum absolute atomic E-state index is 5.19. The van der Waals surface area contributed by atoms with Crippen LogP contribution in [0.15, 0.2) is 24.3 Å². The molecule has 0 aromatic heterocycles. The van der Waals surface area contributed by atoms with Gasteiger partial charge in [-0.3, -0.25) is 0 Å². The Kier molecular flexibility index (Phi) is 7.64. The van der Waals surface area contributed by atoms with E-state index in [0.29, 0.717) is 0 Å². The van der Waals surface area contributed by atoms with Crippen molar-refractivity contribution >= 4 is 11.8 Å². The molecule has 0 aliphatic heterocycles. The van der Waals surface area contributed by atoms with Gasteiger partial charge in [0, 0.05) is 18.8 Å². The van der Waals surface area contributed by atoms with Crippen LogP contribution < -0.4 is 5.32 Å². The number of hydrogen-bond donors (Lipinski definition) is 1. The minimum atomic E-state index is 0.724. The van der Waals surface area contributed by atoms with Gasteiger partial charge in [0.05, 0.1) is 5.75 Å². The number of benzene rings is 1. The van der Waals surface area contributed by atoms with E-state index in [1.807, 2.05) is 0 Å². The zero-order valence-electron chi connectivity index (χ0n) is 11.4. The van der Waals surface area contributed by atoms with Gasteiger partial charge in [0.15, 0.2) is 0 Å². The van der Waals surface area contributed by atoms with Crippen molar-refractivity contribution in [2.24, 2.45) is 5.92 Å². The molecule has 0 fully saturated rings. The van der Waals surface area contributed by atoms with Crippen LogP contribution in [0.25, 0.3) is 0 Å². The van der Waals surface area contributed by atoms with Crippen molar-refractivity contribution < 1.29 is 0 Å². The van der Waals surface area contributed by atoms with Gasteiger partial charge < -0.3 is 5.32 Å². The molecule has 1 aromatic carbocycles. The van der Waals surface area contributed by atoms with Crippen LogP contribution in [-0.4, -0.2) is 18.1 Å². The van der Waals surface area contributed by atoms with Crippen molar-refractivity contribution in [1.82, 2.24) is 5.32 Å². The fourth-order valence-corrected chi connectivity index (χ4v) is 2.32. The topological polar surface area (TPSA) is 12.0 Å². The maximum Gasteiger partial charge on any atom is 0.0545 e. The zero-order valence-corrected chi connectivity index (χ0v) is 12.2. The molecule has 0 bridgehead atoms. The van der Waals surface area contributed by atoms with E-state index in [1.165, 1.54) is 11.1 Å². The summed E-state index contributed by atoms with van der Waals surface area (Å²) in [5, 5.41) is 3.43. The second kappa shape index (κ2) is 9.08. The highest BCUT2D eigenvalue weighted by Gasteiger charge is 1.98. The van der Waals surface area contributed by atoms with Gasteiger partial charge in [0.2, 0.25) is 0 Å². The van der Waals surface area contributed by atoms with Crippen LogP contribution >= 0.6 is 11.8 Å². The summed E-state index contributed by atoms with van der Waals surface area (Å²) in [5.74, 6) is 5.25. The summed E-state index contributed by atoms with van der Waals surface area (Å²) in [6.45, 7) is 6.46. The summed E-state index contributed by atoms with van der Waals surface area (Å²) in [6, 6.07) is 8.92. The molecular formula is C16H23NS. The molecule has 1 aromatic rings. The first kappa shape index (κ1) is 15.1. The van der Waals surface area contributed by atoms with Crippen LogP contribution in [0, 0.1) is 18.3 Å². The van der Waals surface area contributed by atoms with Crippen molar-refractivity contribution in [3.05, 3.63) is 35.4 Å². The van der Waals surface area contributed by atoms with Crippen LogP contribution in [0.5, 0.6) is 0 Å². The normalized spacial score (nSPS) is 10.6. The van der Waals surface area contributed by atoms with Crippen LogP contribution in [-0.2, 0) is 13.0 Å². The summed E-state index contributed by atoms with van der Waals surface area (Å²) >= 11 is 1.80. The highest BCUT2D eigenvalue weighted by atomic mass is 32.2. The Labute approximate surface area is 116 Å². The number of terminal acetylenes is 1. The van der Waals surface area contributed by atoms with Crippen LogP contribution in [0.3, 0.4) is 0 Å². The molecule has 98 valence electrons. The molecule has 18 heavy (non-hydrogen) atoms. The molecule has 0 aliphatic carbocycles. The summed E-state index contributed by atoms with van der Waals surface area (Å²) in [5.41, 5.74) is 2.78.